The van der Waals surface area contributed by atoms with Gasteiger partial charge in [-0.15, -0.1) is 0 Å². The van der Waals surface area contributed by atoms with Gasteiger partial charge in [-0.2, -0.15) is 0 Å². The maximum Gasteiger partial charge on any atom is 0.295 e. The van der Waals surface area contributed by atoms with Crippen molar-refractivity contribution in [2.24, 2.45) is 7.05 Å². The van der Waals surface area contributed by atoms with Crippen LogP contribution in [0.15, 0.2) is 55.2 Å². The first-order valence-electron chi connectivity index (χ1n) is 11.1. The van der Waals surface area contributed by atoms with Crippen LogP contribution in [0.3, 0.4) is 0 Å². The molecule has 0 spiro atoms. The minimum atomic E-state index is 0.504. The van der Waals surface area contributed by atoms with Crippen molar-refractivity contribution in [2.75, 3.05) is 41.3 Å². The lowest BCUT2D eigenvalue weighted by Gasteiger charge is -2.34. The van der Waals surface area contributed by atoms with E-state index in [9.17, 15) is 0 Å². The smallest absolute Gasteiger partial charge is 0.295 e. The molecule has 1 saturated heterocycles. The second kappa shape index (κ2) is 9.33. The topological polar surface area (TPSA) is 48.2 Å². The lowest BCUT2D eigenvalue weighted by molar-refractivity contribution is -0.659. The second-order valence-corrected chi connectivity index (χ2v) is 8.67. The van der Waals surface area contributed by atoms with Gasteiger partial charge in [0.1, 0.15) is 25.5 Å². The predicted octanol–water partition coefficient (Wildman–Crippen LogP) is 3.67. The van der Waals surface area contributed by atoms with E-state index in [1.54, 1.807) is 0 Å². The normalized spacial score (nSPS) is 14.2. The van der Waals surface area contributed by atoms with Crippen LogP contribution in [0.2, 0.25) is 0 Å². The largest absolute Gasteiger partial charge is 0.379 e. The van der Waals surface area contributed by atoms with E-state index >= 15 is 0 Å². The molecule has 0 saturated carbocycles. The predicted molar refractivity (Wildman–Crippen MR) is 127 cm³/mol. The van der Waals surface area contributed by atoms with Gasteiger partial charge in [0.25, 0.3) is 5.82 Å². The molecule has 3 heterocycles. The molecule has 162 valence electrons. The van der Waals surface area contributed by atoms with Crippen LogP contribution in [-0.2, 0) is 13.6 Å². The third kappa shape index (κ3) is 4.95. The van der Waals surface area contributed by atoms with Crippen LogP contribution in [0, 0.1) is 6.92 Å². The fourth-order valence-corrected chi connectivity index (χ4v) is 4.13. The molecule has 0 radical (unpaired) electrons. The quantitative estimate of drug-likeness (QED) is 0.620. The molecular formula is C25H33N6+. The van der Waals surface area contributed by atoms with Crippen LogP contribution in [-0.4, -0.2) is 36.1 Å². The van der Waals surface area contributed by atoms with Gasteiger partial charge in [-0.3, -0.25) is 14.9 Å². The molecule has 3 aromatic rings. The Hall–Kier alpha value is -3.15. The number of rotatable bonds is 6. The summed E-state index contributed by atoms with van der Waals surface area (Å²) in [4.78, 5) is 13.6. The van der Waals surface area contributed by atoms with E-state index in [0.29, 0.717) is 5.92 Å². The maximum atomic E-state index is 4.33. The number of anilines is 3. The van der Waals surface area contributed by atoms with Gasteiger partial charge in [0, 0.05) is 18.9 Å². The highest BCUT2D eigenvalue weighted by molar-refractivity contribution is 5.72. The Morgan fingerprint density at radius 2 is 1.77 bits per heavy atom. The average molecular weight is 418 g/mol. The SMILES string of the molecule is Cc1cncc(CNc2ccc(C(C)C)cc2N2CCN(c3cncc[n+]3C)CC2)c1. The molecule has 1 aliphatic rings. The van der Waals surface area contributed by atoms with E-state index in [2.05, 4.69) is 81.7 Å². The minimum absolute atomic E-state index is 0.504. The average Bonchev–Trinajstić information content (AvgIpc) is 2.78. The molecule has 0 unspecified atom stereocenters. The summed E-state index contributed by atoms with van der Waals surface area (Å²) in [5, 5.41) is 3.66. The van der Waals surface area contributed by atoms with Crippen molar-refractivity contribution >= 4 is 17.2 Å². The molecule has 1 aromatic carbocycles. The Bertz CT molecular complexity index is 1020. The molecule has 6 nitrogen and oxygen atoms in total. The summed E-state index contributed by atoms with van der Waals surface area (Å²) >= 11 is 0. The number of aromatic nitrogens is 3. The summed E-state index contributed by atoms with van der Waals surface area (Å²) in [5.74, 6) is 1.67. The first kappa shape index (κ1) is 21.1. The fraction of sp³-hybridized carbons (Fsp3) is 0.400. The van der Waals surface area contributed by atoms with E-state index in [4.69, 9.17) is 0 Å². The van der Waals surface area contributed by atoms with Crippen molar-refractivity contribution in [1.29, 1.82) is 0 Å². The van der Waals surface area contributed by atoms with Gasteiger partial charge in [-0.25, -0.2) is 4.57 Å². The molecule has 4 rings (SSSR count). The van der Waals surface area contributed by atoms with Crippen molar-refractivity contribution in [3.8, 4) is 0 Å². The summed E-state index contributed by atoms with van der Waals surface area (Å²) in [7, 11) is 2.08. The molecule has 2 aromatic heterocycles. The van der Waals surface area contributed by atoms with E-state index in [1.165, 1.54) is 33.9 Å². The van der Waals surface area contributed by atoms with Crippen molar-refractivity contribution in [1.82, 2.24) is 9.97 Å². The number of aryl methyl sites for hydroxylation is 2. The van der Waals surface area contributed by atoms with Crippen LogP contribution in [0.5, 0.6) is 0 Å². The van der Waals surface area contributed by atoms with E-state index in [1.807, 2.05) is 31.0 Å². The highest BCUT2D eigenvalue weighted by atomic mass is 15.3. The first-order valence-corrected chi connectivity index (χ1v) is 11.1. The number of nitrogens with one attached hydrogen (secondary N) is 1. The van der Waals surface area contributed by atoms with Gasteiger partial charge in [-0.05, 0) is 41.7 Å². The van der Waals surface area contributed by atoms with E-state index < -0.39 is 0 Å². The Kier molecular flexibility index (Phi) is 6.35. The van der Waals surface area contributed by atoms with Gasteiger partial charge < -0.3 is 10.2 Å². The molecule has 0 amide bonds. The summed E-state index contributed by atoms with van der Waals surface area (Å²) in [5.41, 5.74) is 6.24. The fourth-order valence-electron chi connectivity index (χ4n) is 4.13. The molecule has 1 N–H and O–H groups in total. The van der Waals surface area contributed by atoms with Crippen molar-refractivity contribution in [3.05, 3.63) is 71.9 Å². The monoisotopic (exact) mass is 417 g/mol. The lowest BCUT2D eigenvalue weighted by Crippen LogP contribution is -2.50. The highest BCUT2D eigenvalue weighted by Gasteiger charge is 2.26. The number of piperazine rings is 1. The number of benzene rings is 1. The number of hydrogen-bond donors (Lipinski definition) is 1. The molecule has 1 aliphatic heterocycles. The molecule has 0 aliphatic carbocycles. The molecule has 31 heavy (non-hydrogen) atoms. The Balaban J connectivity index is 1.52. The third-order valence-corrected chi connectivity index (χ3v) is 5.98. The summed E-state index contributed by atoms with van der Waals surface area (Å²) in [6.45, 7) is 11.3. The van der Waals surface area contributed by atoms with E-state index in [-0.39, 0.29) is 0 Å². The van der Waals surface area contributed by atoms with Crippen LogP contribution in [0.1, 0.15) is 36.5 Å². The number of pyridine rings is 1. The standard InChI is InChI=1S/C25H33N6/c1-19(2)22-5-6-23(28-17-21-13-20(3)15-27-16-21)24(14-22)30-9-11-31(12-10-30)25-18-26-7-8-29(25)4/h5-8,13-16,18-19,28H,9-12,17H2,1-4H3/q+1. The van der Waals surface area contributed by atoms with Crippen LogP contribution < -0.4 is 19.7 Å². The summed E-state index contributed by atoms with van der Waals surface area (Å²) in [6, 6.07) is 9.04. The van der Waals surface area contributed by atoms with Crippen molar-refractivity contribution < 1.29 is 4.57 Å². The zero-order valence-corrected chi connectivity index (χ0v) is 19.0. The van der Waals surface area contributed by atoms with Crippen LogP contribution in [0.25, 0.3) is 0 Å². The van der Waals surface area contributed by atoms with Gasteiger partial charge >= 0.3 is 0 Å². The van der Waals surface area contributed by atoms with E-state index in [0.717, 1.165) is 32.7 Å². The summed E-state index contributed by atoms with van der Waals surface area (Å²) < 4.78 is 2.14. The van der Waals surface area contributed by atoms with Gasteiger partial charge in [0.15, 0.2) is 0 Å². The molecular weight excluding hydrogens is 384 g/mol. The van der Waals surface area contributed by atoms with Crippen molar-refractivity contribution in [3.63, 3.8) is 0 Å². The van der Waals surface area contributed by atoms with Gasteiger partial charge in [0.05, 0.1) is 37.7 Å². The Morgan fingerprint density at radius 1 is 1.00 bits per heavy atom. The number of hydrogen-bond acceptors (Lipinski definition) is 5. The highest BCUT2D eigenvalue weighted by Crippen LogP contribution is 2.31. The summed E-state index contributed by atoms with van der Waals surface area (Å²) in [6.07, 6.45) is 9.63. The van der Waals surface area contributed by atoms with Crippen LogP contribution in [0.4, 0.5) is 17.2 Å². The molecule has 1 fully saturated rings. The second-order valence-electron chi connectivity index (χ2n) is 8.67. The zero-order chi connectivity index (χ0) is 21.8. The molecule has 0 atom stereocenters. The van der Waals surface area contributed by atoms with Gasteiger partial charge in [0.2, 0.25) is 0 Å². The van der Waals surface area contributed by atoms with Crippen LogP contribution >= 0.6 is 0 Å². The zero-order valence-electron chi connectivity index (χ0n) is 19.0. The first-order chi connectivity index (χ1) is 15.0. The molecule has 0 bridgehead atoms. The van der Waals surface area contributed by atoms with Gasteiger partial charge in [-0.1, -0.05) is 26.0 Å². The molecule has 6 heteroatoms. The third-order valence-electron chi connectivity index (χ3n) is 5.98. The Labute approximate surface area is 185 Å². The Morgan fingerprint density at radius 3 is 2.48 bits per heavy atom. The van der Waals surface area contributed by atoms with Crippen molar-refractivity contribution in [2.45, 2.75) is 33.2 Å². The minimum Gasteiger partial charge on any atom is -0.379 e. The lowest BCUT2D eigenvalue weighted by atomic mass is 10.0. The maximum absolute atomic E-state index is 4.33. The number of nitrogens with zero attached hydrogens (tertiary/aromatic N) is 5.